The van der Waals surface area contributed by atoms with E-state index in [1.807, 2.05) is 55.5 Å². The van der Waals surface area contributed by atoms with Gasteiger partial charge in [0.2, 0.25) is 0 Å². The van der Waals surface area contributed by atoms with Gasteiger partial charge in [-0.15, -0.1) is 0 Å². The Labute approximate surface area is 130 Å². The molecule has 0 fully saturated rings. The van der Waals surface area contributed by atoms with Crippen molar-refractivity contribution < 1.29 is 8.78 Å². The molecule has 2 aromatic carbocycles. The van der Waals surface area contributed by atoms with Gasteiger partial charge in [-0.25, -0.2) is 8.78 Å². The van der Waals surface area contributed by atoms with E-state index in [0.29, 0.717) is 19.3 Å². The van der Waals surface area contributed by atoms with Crippen LogP contribution in [0.1, 0.15) is 28.7 Å². The van der Waals surface area contributed by atoms with Crippen LogP contribution in [0.5, 0.6) is 0 Å². The molecule has 22 heavy (non-hydrogen) atoms. The summed E-state index contributed by atoms with van der Waals surface area (Å²) in [5.74, 6) is -3.42. The molecule has 0 amide bonds. The summed E-state index contributed by atoms with van der Waals surface area (Å²) in [4.78, 5) is 0. The highest BCUT2D eigenvalue weighted by Crippen LogP contribution is 2.35. The first kappa shape index (κ1) is 15.0. The van der Waals surface area contributed by atoms with E-state index in [1.54, 1.807) is 6.08 Å². The topological polar surface area (TPSA) is 0 Å². The van der Waals surface area contributed by atoms with E-state index in [2.05, 4.69) is 0 Å². The van der Waals surface area contributed by atoms with Crippen LogP contribution < -0.4 is 0 Å². The summed E-state index contributed by atoms with van der Waals surface area (Å²) in [5, 5.41) is 0. The monoisotopic (exact) mass is 298 g/mol. The van der Waals surface area contributed by atoms with Gasteiger partial charge in [0.05, 0.1) is 0 Å². The minimum absolute atomic E-state index is 0.416. The molecule has 114 valence electrons. The molecule has 0 heterocycles. The number of hydrogen-bond acceptors (Lipinski definition) is 0. The Balaban J connectivity index is 1.85. The van der Waals surface area contributed by atoms with E-state index in [-0.39, 0.29) is 0 Å². The summed E-state index contributed by atoms with van der Waals surface area (Å²) >= 11 is 0. The van der Waals surface area contributed by atoms with Crippen LogP contribution in [0.15, 0.2) is 54.6 Å². The molecule has 2 heteroatoms. The predicted octanol–water partition coefficient (Wildman–Crippen LogP) is 5.45. The van der Waals surface area contributed by atoms with Crippen molar-refractivity contribution >= 4 is 6.08 Å². The molecule has 0 N–H and O–H groups in total. The van der Waals surface area contributed by atoms with Gasteiger partial charge in [-0.05, 0) is 49.0 Å². The van der Waals surface area contributed by atoms with Crippen molar-refractivity contribution in [1.82, 2.24) is 0 Å². The fourth-order valence-corrected chi connectivity index (χ4v) is 3.03. The fraction of sp³-hybridized carbons (Fsp3) is 0.300. The van der Waals surface area contributed by atoms with Gasteiger partial charge in [-0.3, -0.25) is 0 Å². The SMILES string of the molecule is Cc1ccc(CC2CCc3ccccc3C=CC2(F)F)cc1. The average molecular weight is 298 g/mol. The number of fused-ring (bicyclic) bond motifs is 1. The second-order valence-electron chi connectivity index (χ2n) is 6.13. The summed E-state index contributed by atoms with van der Waals surface area (Å²) in [5.41, 5.74) is 4.21. The molecular weight excluding hydrogens is 278 g/mol. The van der Waals surface area contributed by atoms with Gasteiger partial charge in [-0.1, -0.05) is 60.2 Å². The van der Waals surface area contributed by atoms with E-state index in [9.17, 15) is 8.78 Å². The van der Waals surface area contributed by atoms with E-state index in [4.69, 9.17) is 0 Å². The number of aryl methyl sites for hydroxylation is 2. The number of allylic oxidation sites excluding steroid dienone is 1. The Morgan fingerprint density at radius 1 is 1.05 bits per heavy atom. The molecule has 0 saturated carbocycles. The molecule has 0 nitrogen and oxygen atoms in total. The van der Waals surface area contributed by atoms with Crippen molar-refractivity contribution in [3.05, 3.63) is 76.9 Å². The molecule has 0 radical (unpaired) electrons. The van der Waals surface area contributed by atoms with Crippen molar-refractivity contribution in [2.45, 2.75) is 32.1 Å². The van der Waals surface area contributed by atoms with E-state index < -0.39 is 11.8 Å². The zero-order valence-corrected chi connectivity index (χ0v) is 12.7. The summed E-state index contributed by atoms with van der Waals surface area (Å²) in [6.07, 6.45) is 4.29. The summed E-state index contributed by atoms with van der Waals surface area (Å²) in [7, 11) is 0. The normalized spacial score (nSPS) is 20.0. The maximum atomic E-state index is 14.5. The number of rotatable bonds is 2. The first-order valence-electron chi connectivity index (χ1n) is 7.75. The summed E-state index contributed by atoms with van der Waals surface area (Å²) in [6, 6.07) is 15.7. The van der Waals surface area contributed by atoms with Crippen LogP contribution in [-0.4, -0.2) is 5.92 Å². The lowest BCUT2D eigenvalue weighted by atomic mass is 9.84. The molecule has 0 spiro atoms. The molecule has 0 aliphatic heterocycles. The summed E-state index contributed by atoms with van der Waals surface area (Å²) < 4.78 is 29.0. The molecule has 1 aliphatic rings. The Morgan fingerprint density at radius 3 is 2.55 bits per heavy atom. The Hall–Kier alpha value is -1.96. The Kier molecular flexibility index (Phi) is 4.10. The van der Waals surface area contributed by atoms with Crippen molar-refractivity contribution in [2.24, 2.45) is 5.92 Å². The largest absolute Gasteiger partial charge is 0.269 e. The van der Waals surface area contributed by atoms with Gasteiger partial charge in [-0.2, -0.15) is 0 Å². The average Bonchev–Trinajstić information content (AvgIpc) is 2.51. The van der Waals surface area contributed by atoms with Gasteiger partial charge in [0.15, 0.2) is 0 Å². The zero-order valence-electron chi connectivity index (χ0n) is 12.7. The third-order valence-electron chi connectivity index (χ3n) is 4.45. The standard InChI is InChI=1S/C20H20F2/c1-15-6-8-16(9-7-15)14-19-11-10-17-4-2-3-5-18(17)12-13-20(19,21)22/h2-9,12-13,19H,10-11,14H2,1H3. The first-order valence-corrected chi connectivity index (χ1v) is 7.75. The van der Waals surface area contributed by atoms with Crippen LogP contribution in [0.2, 0.25) is 0 Å². The van der Waals surface area contributed by atoms with Gasteiger partial charge in [0, 0.05) is 5.92 Å². The highest BCUT2D eigenvalue weighted by molar-refractivity contribution is 5.55. The van der Waals surface area contributed by atoms with Crippen LogP contribution in [-0.2, 0) is 12.8 Å². The third kappa shape index (κ3) is 3.27. The molecule has 1 unspecified atom stereocenters. The Morgan fingerprint density at radius 2 is 1.77 bits per heavy atom. The maximum Gasteiger partial charge on any atom is 0.269 e. The van der Waals surface area contributed by atoms with Crippen LogP contribution in [0.3, 0.4) is 0 Å². The van der Waals surface area contributed by atoms with Gasteiger partial charge in [0.25, 0.3) is 5.92 Å². The second-order valence-corrected chi connectivity index (χ2v) is 6.13. The predicted molar refractivity (Wildman–Crippen MR) is 87.1 cm³/mol. The first-order chi connectivity index (χ1) is 10.5. The molecule has 1 aliphatic carbocycles. The molecule has 0 bridgehead atoms. The number of hydrogen-bond donors (Lipinski definition) is 0. The highest BCUT2D eigenvalue weighted by atomic mass is 19.3. The molecule has 1 atom stereocenters. The van der Waals surface area contributed by atoms with Crippen LogP contribution in [0, 0.1) is 12.8 Å². The third-order valence-corrected chi connectivity index (χ3v) is 4.45. The van der Waals surface area contributed by atoms with Crippen molar-refractivity contribution in [1.29, 1.82) is 0 Å². The van der Waals surface area contributed by atoms with Crippen LogP contribution in [0.25, 0.3) is 6.08 Å². The van der Waals surface area contributed by atoms with Crippen LogP contribution >= 0.6 is 0 Å². The highest BCUT2D eigenvalue weighted by Gasteiger charge is 2.37. The van der Waals surface area contributed by atoms with Crippen molar-refractivity contribution in [3.8, 4) is 0 Å². The number of benzene rings is 2. The lowest BCUT2D eigenvalue weighted by Gasteiger charge is -2.27. The van der Waals surface area contributed by atoms with E-state index >= 15 is 0 Å². The van der Waals surface area contributed by atoms with Gasteiger partial charge in [0.1, 0.15) is 0 Å². The molecule has 2 aromatic rings. The lowest BCUT2D eigenvalue weighted by Crippen LogP contribution is -2.29. The smallest absolute Gasteiger partial charge is 0.202 e. The number of halogens is 2. The second kappa shape index (κ2) is 6.04. The molecule has 3 rings (SSSR count). The van der Waals surface area contributed by atoms with Crippen LogP contribution in [0.4, 0.5) is 8.78 Å². The van der Waals surface area contributed by atoms with Crippen molar-refractivity contribution in [3.63, 3.8) is 0 Å². The Bertz CT molecular complexity index is 668. The minimum atomic E-state index is -2.77. The van der Waals surface area contributed by atoms with E-state index in [0.717, 1.165) is 28.3 Å². The quantitative estimate of drug-likeness (QED) is 0.691. The van der Waals surface area contributed by atoms with Crippen molar-refractivity contribution in [2.75, 3.05) is 0 Å². The summed E-state index contributed by atoms with van der Waals surface area (Å²) in [6.45, 7) is 2.01. The van der Waals surface area contributed by atoms with E-state index in [1.165, 1.54) is 0 Å². The number of alkyl halides is 2. The maximum absolute atomic E-state index is 14.5. The van der Waals surface area contributed by atoms with Gasteiger partial charge < -0.3 is 0 Å². The minimum Gasteiger partial charge on any atom is -0.202 e. The molecule has 0 aromatic heterocycles. The van der Waals surface area contributed by atoms with Gasteiger partial charge >= 0.3 is 0 Å². The fourth-order valence-electron chi connectivity index (χ4n) is 3.03. The molecule has 0 saturated heterocycles. The molecular formula is C20H20F2. The zero-order chi connectivity index (χ0) is 15.6. The lowest BCUT2D eigenvalue weighted by molar-refractivity contribution is -0.0121.